The lowest BCUT2D eigenvalue weighted by molar-refractivity contribution is -0.138. The molecule has 1 aromatic rings. The Morgan fingerprint density at radius 2 is 1.86 bits per heavy atom. The van der Waals surface area contributed by atoms with Gasteiger partial charge in [0.2, 0.25) is 11.8 Å². The number of nitrogens with two attached hydrogens (primary N) is 1. The summed E-state index contributed by atoms with van der Waals surface area (Å²) < 4.78 is 1.51. The highest BCUT2D eigenvalue weighted by Crippen LogP contribution is 2.26. The van der Waals surface area contributed by atoms with Crippen molar-refractivity contribution < 1.29 is 19.5 Å². The monoisotopic (exact) mass is 421 g/mol. The van der Waals surface area contributed by atoms with E-state index in [1.165, 1.54) is 0 Å². The van der Waals surface area contributed by atoms with Gasteiger partial charge in [0.05, 0.1) is 25.3 Å². The molecule has 0 aliphatic heterocycles. The third-order valence-corrected chi connectivity index (χ3v) is 3.46. The highest BCUT2D eigenvalue weighted by molar-refractivity contribution is 9.11. The lowest BCUT2D eigenvalue weighted by Crippen LogP contribution is -2.41. The van der Waals surface area contributed by atoms with E-state index in [1.807, 2.05) is 0 Å². The van der Waals surface area contributed by atoms with Gasteiger partial charge >= 0.3 is 5.97 Å². The van der Waals surface area contributed by atoms with E-state index in [0.717, 1.165) is 9.37 Å². The van der Waals surface area contributed by atoms with Crippen LogP contribution in [-0.2, 0) is 14.4 Å². The fourth-order valence-electron chi connectivity index (χ4n) is 1.56. The van der Waals surface area contributed by atoms with Crippen LogP contribution >= 0.6 is 31.9 Å². The van der Waals surface area contributed by atoms with Gasteiger partial charge < -0.3 is 16.2 Å². The van der Waals surface area contributed by atoms with E-state index in [1.54, 1.807) is 18.2 Å². The van der Waals surface area contributed by atoms with Crippen molar-refractivity contribution in [2.24, 2.45) is 5.73 Å². The highest BCUT2D eigenvalue weighted by Gasteiger charge is 2.16. The van der Waals surface area contributed by atoms with Gasteiger partial charge in [-0.3, -0.25) is 19.3 Å². The molecule has 0 aliphatic rings. The zero-order chi connectivity index (χ0) is 16.0. The Hall–Kier alpha value is -1.45. The van der Waals surface area contributed by atoms with E-state index in [9.17, 15) is 14.4 Å². The molecule has 0 spiro atoms. The third-order valence-electron chi connectivity index (χ3n) is 2.31. The lowest BCUT2D eigenvalue weighted by Gasteiger charge is -2.18. The molecule has 0 bridgehead atoms. The van der Waals surface area contributed by atoms with Crippen molar-refractivity contribution in [3.63, 3.8) is 0 Å². The Labute approximate surface area is 137 Å². The van der Waals surface area contributed by atoms with Crippen molar-refractivity contribution in [2.45, 2.75) is 0 Å². The number of nitrogens with one attached hydrogen (secondary N) is 1. The normalized spacial score (nSPS) is 10.4. The number of benzene rings is 1. The first-order chi connectivity index (χ1) is 9.77. The molecule has 9 heteroatoms. The molecule has 0 saturated heterocycles. The predicted octanol–water partition coefficient (Wildman–Crippen LogP) is 1.02. The molecule has 2 amide bonds. The number of primary amides is 1. The Bertz CT molecular complexity index is 549. The summed E-state index contributed by atoms with van der Waals surface area (Å²) in [4.78, 5) is 34.6. The van der Waals surface area contributed by atoms with Gasteiger partial charge in [0.15, 0.2) is 0 Å². The summed E-state index contributed by atoms with van der Waals surface area (Å²) in [5, 5.41) is 11.4. The number of rotatable bonds is 7. The zero-order valence-electron chi connectivity index (χ0n) is 10.8. The smallest absolute Gasteiger partial charge is 0.317 e. The molecule has 0 fully saturated rings. The first-order valence-electron chi connectivity index (χ1n) is 5.75. The molecule has 0 aromatic heterocycles. The molecular weight excluding hydrogens is 410 g/mol. The van der Waals surface area contributed by atoms with Crippen molar-refractivity contribution in [1.82, 2.24) is 4.90 Å². The maximum absolute atomic E-state index is 11.9. The second-order valence-corrected chi connectivity index (χ2v) is 5.95. The second kappa shape index (κ2) is 8.11. The van der Waals surface area contributed by atoms with Crippen molar-refractivity contribution in [3.8, 4) is 0 Å². The summed E-state index contributed by atoms with van der Waals surface area (Å²) in [5.74, 6) is -2.29. The number of carbonyl (C=O) groups excluding carboxylic acids is 2. The topological polar surface area (TPSA) is 113 Å². The van der Waals surface area contributed by atoms with Gasteiger partial charge in [-0.1, -0.05) is 15.9 Å². The minimum Gasteiger partial charge on any atom is -0.480 e. The Morgan fingerprint density at radius 1 is 1.19 bits per heavy atom. The summed E-state index contributed by atoms with van der Waals surface area (Å²) in [6.45, 7) is -1.00. The summed E-state index contributed by atoms with van der Waals surface area (Å²) in [5.41, 5.74) is 5.56. The summed E-state index contributed by atoms with van der Waals surface area (Å²) in [6, 6.07) is 5.19. The third kappa shape index (κ3) is 6.69. The van der Waals surface area contributed by atoms with Crippen molar-refractivity contribution in [3.05, 3.63) is 27.1 Å². The molecule has 0 radical (unpaired) electrons. The number of hydrogen-bond donors (Lipinski definition) is 3. The molecule has 21 heavy (non-hydrogen) atoms. The summed E-state index contributed by atoms with van der Waals surface area (Å²) in [7, 11) is 0. The van der Waals surface area contributed by atoms with E-state index in [0.29, 0.717) is 10.2 Å². The number of carboxylic acids is 1. The zero-order valence-corrected chi connectivity index (χ0v) is 14.0. The SMILES string of the molecule is NC(=O)CN(CC(=O)O)CC(=O)Nc1ccc(Br)cc1Br. The molecule has 0 heterocycles. The average molecular weight is 423 g/mol. The number of amides is 2. The fourth-order valence-corrected chi connectivity index (χ4v) is 2.71. The first kappa shape index (κ1) is 17.6. The van der Waals surface area contributed by atoms with E-state index in [4.69, 9.17) is 10.8 Å². The van der Waals surface area contributed by atoms with Crippen LogP contribution in [0, 0.1) is 0 Å². The van der Waals surface area contributed by atoms with Gasteiger partial charge in [-0.05, 0) is 34.1 Å². The van der Waals surface area contributed by atoms with E-state index in [-0.39, 0.29) is 13.1 Å². The molecule has 4 N–H and O–H groups in total. The predicted molar refractivity (Wildman–Crippen MR) is 83.7 cm³/mol. The van der Waals surface area contributed by atoms with Crippen molar-refractivity contribution >= 4 is 55.3 Å². The number of halogens is 2. The highest BCUT2D eigenvalue weighted by atomic mass is 79.9. The van der Waals surface area contributed by atoms with Crippen molar-refractivity contribution in [1.29, 1.82) is 0 Å². The van der Waals surface area contributed by atoms with E-state index < -0.39 is 24.3 Å². The van der Waals surface area contributed by atoms with E-state index in [2.05, 4.69) is 37.2 Å². The first-order valence-corrected chi connectivity index (χ1v) is 7.34. The lowest BCUT2D eigenvalue weighted by atomic mass is 10.3. The summed E-state index contributed by atoms with van der Waals surface area (Å²) in [6.07, 6.45) is 0. The molecule has 0 aliphatic carbocycles. The second-order valence-electron chi connectivity index (χ2n) is 4.18. The van der Waals surface area contributed by atoms with Crippen LogP contribution < -0.4 is 11.1 Å². The van der Waals surface area contributed by atoms with Crippen LogP contribution in [0.1, 0.15) is 0 Å². The summed E-state index contributed by atoms with van der Waals surface area (Å²) >= 11 is 6.59. The maximum atomic E-state index is 11.9. The van der Waals surface area contributed by atoms with Gasteiger partial charge in [-0.15, -0.1) is 0 Å². The molecule has 0 atom stereocenters. The Morgan fingerprint density at radius 3 is 2.38 bits per heavy atom. The van der Waals surface area contributed by atoms with E-state index >= 15 is 0 Å². The van der Waals surface area contributed by atoms with Gasteiger partial charge in [-0.25, -0.2) is 0 Å². The minimum absolute atomic E-state index is 0.252. The average Bonchev–Trinajstić information content (AvgIpc) is 2.30. The quantitative estimate of drug-likeness (QED) is 0.607. The van der Waals surface area contributed by atoms with Crippen LogP contribution in [0.15, 0.2) is 27.1 Å². The van der Waals surface area contributed by atoms with Crippen LogP contribution in [0.3, 0.4) is 0 Å². The van der Waals surface area contributed by atoms with Crippen LogP contribution in [0.5, 0.6) is 0 Å². The van der Waals surface area contributed by atoms with Gasteiger partial charge in [0, 0.05) is 8.95 Å². The molecule has 0 saturated carbocycles. The minimum atomic E-state index is -1.14. The van der Waals surface area contributed by atoms with Gasteiger partial charge in [0.1, 0.15) is 0 Å². The molecular formula is C12H13Br2N3O4. The molecule has 0 unspecified atom stereocenters. The van der Waals surface area contributed by atoms with Crippen LogP contribution in [-0.4, -0.2) is 47.4 Å². The molecule has 1 rings (SSSR count). The van der Waals surface area contributed by atoms with Gasteiger partial charge in [-0.2, -0.15) is 0 Å². The van der Waals surface area contributed by atoms with Crippen LogP contribution in [0.25, 0.3) is 0 Å². The number of aliphatic carboxylic acids is 1. The van der Waals surface area contributed by atoms with Crippen LogP contribution in [0.4, 0.5) is 5.69 Å². The fraction of sp³-hybridized carbons (Fsp3) is 0.250. The van der Waals surface area contributed by atoms with Gasteiger partial charge in [0.25, 0.3) is 0 Å². The number of carbonyl (C=O) groups is 3. The van der Waals surface area contributed by atoms with Crippen molar-refractivity contribution in [2.75, 3.05) is 25.0 Å². The number of hydrogen-bond acceptors (Lipinski definition) is 4. The standard InChI is InChI=1S/C12H13Br2N3O4/c13-7-1-2-9(8(14)3-7)16-11(19)5-17(4-10(15)18)6-12(20)21/h1-3H,4-6H2,(H2,15,18)(H,16,19)(H,20,21). The Balaban J connectivity index is 2.68. The molecule has 7 nitrogen and oxygen atoms in total. The number of carboxylic acid groups (broad SMARTS) is 1. The molecule has 1 aromatic carbocycles. The number of anilines is 1. The largest absolute Gasteiger partial charge is 0.480 e. The maximum Gasteiger partial charge on any atom is 0.317 e. The Kier molecular flexibility index (Phi) is 6.79. The van der Waals surface area contributed by atoms with Crippen LogP contribution in [0.2, 0.25) is 0 Å². The molecule has 114 valence electrons. The number of nitrogens with zero attached hydrogens (tertiary/aromatic N) is 1.